The van der Waals surface area contributed by atoms with E-state index in [1.807, 2.05) is 18.4 Å². The zero-order valence-corrected chi connectivity index (χ0v) is 13.8. The van der Waals surface area contributed by atoms with Crippen molar-refractivity contribution in [2.24, 2.45) is 0 Å². The van der Waals surface area contributed by atoms with Crippen LogP contribution in [0.4, 0.5) is 0 Å². The minimum Gasteiger partial charge on any atom is -0.393 e. The first-order valence-corrected chi connectivity index (χ1v) is 9.04. The van der Waals surface area contributed by atoms with Gasteiger partial charge in [0.1, 0.15) is 5.82 Å². The van der Waals surface area contributed by atoms with Crippen LogP contribution in [-0.4, -0.2) is 46.1 Å². The monoisotopic (exact) mass is 315 g/mol. The van der Waals surface area contributed by atoms with Gasteiger partial charge in [-0.15, -0.1) is 0 Å². The number of sulfonamides is 1. The van der Waals surface area contributed by atoms with Crippen molar-refractivity contribution in [3.8, 4) is 0 Å². The summed E-state index contributed by atoms with van der Waals surface area (Å²) >= 11 is 0. The summed E-state index contributed by atoms with van der Waals surface area (Å²) in [7, 11) is -3.58. The van der Waals surface area contributed by atoms with Crippen molar-refractivity contribution in [2.75, 3.05) is 6.54 Å². The lowest BCUT2D eigenvalue weighted by Gasteiger charge is -2.34. The van der Waals surface area contributed by atoms with Crippen molar-refractivity contribution in [2.45, 2.75) is 70.2 Å². The Morgan fingerprint density at radius 2 is 2.19 bits per heavy atom. The van der Waals surface area contributed by atoms with Crippen molar-refractivity contribution in [1.82, 2.24) is 13.9 Å². The Morgan fingerprint density at radius 3 is 2.76 bits per heavy atom. The van der Waals surface area contributed by atoms with Gasteiger partial charge in [-0.2, -0.15) is 4.31 Å². The highest BCUT2D eigenvalue weighted by atomic mass is 32.2. The molecule has 1 N–H and O–H groups in total. The van der Waals surface area contributed by atoms with E-state index in [2.05, 4.69) is 4.98 Å². The van der Waals surface area contributed by atoms with Gasteiger partial charge in [-0.25, -0.2) is 13.4 Å². The summed E-state index contributed by atoms with van der Waals surface area (Å²) in [4.78, 5) is 4.21. The standard InChI is InChI=1S/C14H25N3O3S/c1-4-16-10-14(15-12(16)3)21(19,20)17-8-6-5-7-13(17)9-11(2)18/h10-11,13,18H,4-9H2,1-3H3. The fourth-order valence-corrected chi connectivity index (χ4v) is 4.67. The number of rotatable bonds is 5. The van der Waals surface area contributed by atoms with Crippen LogP contribution in [0, 0.1) is 6.92 Å². The van der Waals surface area contributed by atoms with Gasteiger partial charge in [0, 0.05) is 25.3 Å². The SMILES string of the molecule is CCn1cc(S(=O)(=O)N2CCCCC2CC(C)O)nc1C. The van der Waals surface area contributed by atoms with E-state index in [0.29, 0.717) is 25.3 Å². The third-order valence-electron chi connectivity index (χ3n) is 4.05. The molecule has 0 aliphatic carbocycles. The van der Waals surface area contributed by atoms with Crippen LogP contribution < -0.4 is 0 Å². The van der Waals surface area contributed by atoms with E-state index in [4.69, 9.17) is 0 Å². The van der Waals surface area contributed by atoms with E-state index in [9.17, 15) is 13.5 Å². The van der Waals surface area contributed by atoms with Crippen LogP contribution in [0.1, 0.15) is 45.4 Å². The molecular formula is C14H25N3O3S. The predicted molar refractivity (Wildman–Crippen MR) is 80.5 cm³/mol. The van der Waals surface area contributed by atoms with Crippen LogP contribution in [0.5, 0.6) is 0 Å². The molecular weight excluding hydrogens is 290 g/mol. The second kappa shape index (κ2) is 6.46. The molecule has 6 nitrogen and oxygen atoms in total. The van der Waals surface area contributed by atoms with Gasteiger partial charge in [-0.3, -0.25) is 0 Å². The van der Waals surface area contributed by atoms with Crippen LogP contribution >= 0.6 is 0 Å². The molecule has 2 unspecified atom stereocenters. The lowest BCUT2D eigenvalue weighted by molar-refractivity contribution is 0.131. The van der Waals surface area contributed by atoms with Gasteiger partial charge in [0.05, 0.1) is 6.10 Å². The van der Waals surface area contributed by atoms with E-state index >= 15 is 0 Å². The average molecular weight is 315 g/mol. The Kier molecular flexibility index (Phi) is 5.06. The van der Waals surface area contributed by atoms with E-state index in [1.54, 1.807) is 13.1 Å². The number of hydrogen-bond acceptors (Lipinski definition) is 4. The summed E-state index contributed by atoms with van der Waals surface area (Å²) < 4.78 is 29.0. The van der Waals surface area contributed by atoms with Crippen molar-refractivity contribution in [1.29, 1.82) is 0 Å². The Morgan fingerprint density at radius 1 is 1.48 bits per heavy atom. The number of imidazole rings is 1. The molecule has 0 radical (unpaired) electrons. The molecule has 21 heavy (non-hydrogen) atoms. The Labute approximate surface area is 126 Å². The van der Waals surface area contributed by atoms with E-state index in [0.717, 1.165) is 19.3 Å². The molecule has 1 aromatic heterocycles. The summed E-state index contributed by atoms with van der Waals surface area (Å²) in [5.74, 6) is 0.708. The molecule has 2 rings (SSSR count). The van der Waals surface area contributed by atoms with Gasteiger partial charge in [-0.1, -0.05) is 6.42 Å². The minimum atomic E-state index is -3.58. The number of piperidine rings is 1. The summed E-state index contributed by atoms with van der Waals surface area (Å²) in [6.45, 7) is 6.69. The molecule has 0 amide bonds. The van der Waals surface area contributed by atoms with Crippen molar-refractivity contribution in [3.05, 3.63) is 12.0 Å². The molecule has 1 fully saturated rings. The lowest BCUT2D eigenvalue weighted by atomic mass is 10.00. The number of aryl methyl sites for hydroxylation is 2. The predicted octanol–water partition coefficient (Wildman–Crippen LogP) is 1.53. The fraction of sp³-hybridized carbons (Fsp3) is 0.786. The Bertz CT molecular complexity index is 580. The highest BCUT2D eigenvalue weighted by molar-refractivity contribution is 7.89. The molecule has 2 heterocycles. The van der Waals surface area contributed by atoms with Crippen LogP contribution in [-0.2, 0) is 16.6 Å². The minimum absolute atomic E-state index is 0.124. The number of aliphatic hydroxyl groups excluding tert-OH is 1. The maximum atomic E-state index is 12.8. The number of nitrogens with zero attached hydrogens (tertiary/aromatic N) is 3. The first kappa shape index (κ1) is 16.5. The molecule has 2 atom stereocenters. The van der Waals surface area contributed by atoms with Gasteiger partial charge in [-0.05, 0) is 40.0 Å². The third kappa shape index (κ3) is 3.46. The summed E-state index contributed by atoms with van der Waals surface area (Å²) in [5, 5.41) is 9.73. The van der Waals surface area contributed by atoms with Gasteiger partial charge in [0.15, 0.2) is 5.03 Å². The van der Waals surface area contributed by atoms with Crippen LogP contribution in [0.15, 0.2) is 11.2 Å². The first-order valence-electron chi connectivity index (χ1n) is 7.60. The highest BCUT2D eigenvalue weighted by Gasteiger charge is 2.35. The fourth-order valence-electron chi connectivity index (χ4n) is 2.96. The molecule has 7 heteroatoms. The highest BCUT2D eigenvalue weighted by Crippen LogP contribution is 2.27. The molecule has 0 aromatic carbocycles. The molecule has 1 saturated heterocycles. The number of aliphatic hydroxyl groups is 1. The van der Waals surface area contributed by atoms with Crippen LogP contribution in [0.2, 0.25) is 0 Å². The second-order valence-electron chi connectivity index (χ2n) is 5.76. The molecule has 1 aliphatic heterocycles. The van der Waals surface area contributed by atoms with Gasteiger partial charge >= 0.3 is 0 Å². The van der Waals surface area contributed by atoms with Crippen molar-refractivity contribution in [3.63, 3.8) is 0 Å². The maximum Gasteiger partial charge on any atom is 0.262 e. The molecule has 0 spiro atoms. The summed E-state index contributed by atoms with van der Waals surface area (Å²) in [6.07, 6.45) is 4.26. The zero-order chi connectivity index (χ0) is 15.6. The topological polar surface area (TPSA) is 75.4 Å². The quantitative estimate of drug-likeness (QED) is 0.894. The molecule has 120 valence electrons. The third-order valence-corrected chi connectivity index (χ3v) is 5.88. The van der Waals surface area contributed by atoms with E-state index < -0.39 is 16.1 Å². The van der Waals surface area contributed by atoms with Crippen LogP contribution in [0.25, 0.3) is 0 Å². The molecule has 1 aromatic rings. The zero-order valence-electron chi connectivity index (χ0n) is 13.0. The second-order valence-corrected chi connectivity index (χ2v) is 7.60. The Balaban J connectivity index is 2.31. The average Bonchev–Trinajstić information content (AvgIpc) is 2.80. The van der Waals surface area contributed by atoms with Gasteiger partial charge in [0.2, 0.25) is 0 Å². The van der Waals surface area contributed by atoms with Crippen molar-refractivity contribution < 1.29 is 13.5 Å². The maximum absolute atomic E-state index is 12.8. The largest absolute Gasteiger partial charge is 0.393 e. The summed E-state index contributed by atoms with van der Waals surface area (Å²) in [5.41, 5.74) is 0. The van der Waals surface area contributed by atoms with E-state index in [-0.39, 0.29) is 11.1 Å². The molecule has 0 saturated carbocycles. The first-order chi connectivity index (χ1) is 9.86. The van der Waals surface area contributed by atoms with Crippen molar-refractivity contribution >= 4 is 10.0 Å². The lowest BCUT2D eigenvalue weighted by Crippen LogP contribution is -2.45. The van der Waals surface area contributed by atoms with E-state index in [1.165, 1.54) is 4.31 Å². The number of aromatic nitrogens is 2. The van der Waals surface area contributed by atoms with Crippen LogP contribution in [0.3, 0.4) is 0 Å². The number of hydrogen-bond donors (Lipinski definition) is 1. The molecule has 1 aliphatic rings. The Hall–Kier alpha value is -0.920. The van der Waals surface area contributed by atoms with Gasteiger partial charge < -0.3 is 9.67 Å². The van der Waals surface area contributed by atoms with Gasteiger partial charge in [0.25, 0.3) is 10.0 Å². The smallest absolute Gasteiger partial charge is 0.262 e. The molecule has 0 bridgehead atoms. The normalized spacial score (nSPS) is 22.4. The summed E-state index contributed by atoms with van der Waals surface area (Å²) in [6, 6.07) is -0.129.